The zero-order valence-corrected chi connectivity index (χ0v) is 24.8. The van der Waals surface area contributed by atoms with E-state index in [1.165, 1.54) is 153 Å². The summed E-state index contributed by atoms with van der Waals surface area (Å²) in [6.07, 6.45) is 35.1. The first kappa shape index (κ1) is 31.6. The van der Waals surface area contributed by atoms with Crippen LogP contribution in [0.2, 0.25) is 0 Å². The number of benzene rings is 1. The smallest absolute Gasteiger partial charge is 0.247 e. The summed E-state index contributed by atoms with van der Waals surface area (Å²) in [6.45, 7) is 5.74. The highest BCUT2D eigenvalue weighted by atomic mass is 15.1. The minimum atomic E-state index is 0.695. The number of unbranched alkanes of at least 4 members (excludes halogenated alkanes) is 16. The molecule has 0 fully saturated rings. The molecule has 0 saturated heterocycles. The van der Waals surface area contributed by atoms with Crippen molar-refractivity contribution in [3.05, 3.63) is 54.1 Å². The first-order chi connectivity index (χ1) is 18.3. The fraction of sp³-hybridized carbons (Fsp3) is 0.743. The first-order valence-corrected chi connectivity index (χ1v) is 16.5. The second kappa shape index (κ2) is 22.4. The summed E-state index contributed by atoms with van der Waals surface area (Å²) in [7, 11) is 0. The summed E-state index contributed by atoms with van der Waals surface area (Å²) >= 11 is 0. The Bertz CT molecular complexity index is 735. The first-order valence-electron chi connectivity index (χ1n) is 16.5. The van der Waals surface area contributed by atoms with Crippen molar-refractivity contribution >= 4 is 0 Å². The average molecular weight is 510 g/mol. The van der Waals surface area contributed by atoms with Gasteiger partial charge in [-0.1, -0.05) is 160 Å². The van der Waals surface area contributed by atoms with Gasteiger partial charge in [0.15, 0.2) is 0 Å². The maximum atomic E-state index is 3.68. The molecule has 0 unspecified atom stereocenters. The number of aromatic amines is 1. The van der Waals surface area contributed by atoms with Crippen LogP contribution < -0.4 is 4.57 Å². The highest BCUT2D eigenvalue weighted by molar-refractivity contribution is 5.14. The normalized spacial score (nSPS) is 12.3. The van der Waals surface area contributed by atoms with Gasteiger partial charge in [0.1, 0.15) is 12.4 Å². The number of rotatable bonds is 25. The molecule has 0 aliphatic rings. The molecule has 0 aliphatic heterocycles. The largest absolute Gasteiger partial charge is 0.257 e. The molecular formula is C35H61N2+. The third-order valence-electron chi connectivity index (χ3n) is 8.20. The van der Waals surface area contributed by atoms with Gasteiger partial charge in [0.2, 0.25) is 0 Å². The lowest BCUT2D eigenvalue weighted by atomic mass is 9.93. The molecule has 1 N–H and O–H groups in total. The van der Waals surface area contributed by atoms with Gasteiger partial charge in [-0.2, -0.15) is 0 Å². The lowest BCUT2D eigenvalue weighted by Crippen LogP contribution is -2.37. The summed E-state index contributed by atoms with van der Waals surface area (Å²) in [5.41, 5.74) is 1.46. The monoisotopic (exact) mass is 509 g/mol. The zero-order chi connectivity index (χ0) is 26.2. The Kier molecular flexibility index (Phi) is 19.2. The third-order valence-corrected chi connectivity index (χ3v) is 8.20. The van der Waals surface area contributed by atoms with Crippen LogP contribution in [0.5, 0.6) is 0 Å². The van der Waals surface area contributed by atoms with Crippen molar-refractivity contribution in [1.82, 2.24) is 4.98 Å². The number of nitrogens with zero attached hydrogens (tertiary/aromatic N) is 1. The molecule has 2 aromatic rings. The molecule has 0 bridgehead atoms. The van der Waals surface area contributed by atoms with Gasteiger partial charge in [0.05, 0.1) is 12.5 Å². The lowest BCUT2D eigenvalue weighted by molar-refractivity contribution is -0.704. The molecule has 210 valence electrons. The van der Waals surface area contributed by atoms with E-state index in [9.17, 15) is 0 Å². The Morgan fingerprint density at radius 1 is 0.595 bits per heavy atom. The van der Waals surface area contributed by atoms with Crippen LogP contribution in [0, 0.1) is 0 Å². The van der Waals surface area contributed by atoms with Crippen molar-refractivity contribution in [2.24, 2.45) is 0 Å². The zero-order valence-electron chi connectivity index (χ0n) is 24.8. The van der Waals surface area contributed by atoms with Crippen LogP contribution in [0.25, 0.3) is 0 Å². The second-order valence-corrected chi connectivity index (χ2v) is 11.6. The number of nitrogens with one attached hydrogen (secondary N) is 1. The molecule has 0 radical (unpaired) electrons. The molecule has 0 saturated carbocycles. The van der Waals surface area contributed by atoms with Crippen LogP contribution in [0.1, 0.15) is 166 Å². The van der Waals surface area contributed by atoms with E-state index in [2.05, 4.69) is 66.1 Å². The molecule has 1 aromatic heterocycles. The fourth-order valence-electron chi connectivity index (χ4n) is 5.84. The van der Waals surface area contributed by atoms with E-state index in [1.807, 2.05) is 0 Å². The van der Waals surface area contributed by atoms with Crippen LogP contribution in [-0.4, -0.2) is 4.98 Å². The van der Waals surface area contributed by atoms with E-state index in [1.54, 1.807) is 0 Å². The van der Waals surface area contributed by atoms with E-state index < -0.39 is 0 Å². The van der Waals surface area contributed by atoms with E-state index in [0.29, 0.717) is 5.92 Å². The molecule has 0 spiro atoms. The van der Waals surface area contributed by atoms with Crippen LogP contribution in [-0.2, 0) is 13.0 Å². The minimum Gasteiger partial charge on any atom is -0.247 e. The van der Waals surface area contributed by atoms with Crippen molar-refractivity contribution in [2.75, 3.05) is 0 Å². The molecule has 1 aromatic carbocycles. The molecule has 0 aliphatic carbocycles. The highest BCUT2D eigenvalue weighted by Gasteiger charge is 2.22. The third kappa shape index (κ3) is 15.4. The predicted molar refractivity (Wildman–Crippen MR) is 162 cm³/mol. The molecule has 2 heteroatoms. The van der Waals surface area contributed by atoms with Crippen LogP contribution in [0.3, 0.4) is 0 Å². The Hall–Kier alpha value is -1.57. The fourth-order valence-corrected chi connectivity index (χ4v) is 5.84. The van der Waals surface area contributed by atoms with Crippen molar-refractivity contribution in [3.63, 3.8) is 0 Å². The maximum absolute atomic E-state index is 3.68. The predicted octanol–water partition coefficient (Wildman–Crippen LogP) is 10.9. The summed E-state index contributed by atoms with van der Waals surface area (Å²) in [5.74, 6) is 2.19. The van der Waals surface area contributed by atoms with Gasteiger partial charge in [-0.15, -0.1) is 0 Å². The molecular weight excluding hydrogens is 448 g/mol. The second-order valence-electron chi connectivity index (χ2n) is 11.6. The van der Waals surface area contributed by atoms with Gasteiger partial charge in [-0.3, -0.25) is 0 Å². The van der Waals surface area contributed by atoms with Gasteiger partial charge in [0, 0.05) is 0 Å². The van der Waals surface area contributed by atoms with Gasteiger partial charge >= 0.3 is 0 Å². The van der Waals surface area contributed by atoms with Crippen LogP contribution in [0.15, 0.2) is 42.7 Å². The summed E-state index contributed by atoms with van der Waals surface area (Å²) < 4.78 is 2.54. The summed E-state index contributed by atoms with van der Waals surface area (Å²) in [6, 6.07) is 11.0. The quantitative estimate of drug-likeness (QED) is 0.101. The lowest BCUT2D eigenvalue weighted by Gasteiger charge is -2.14. The van der Waals surface area contributed by atoms with Crippen molar-refractivity contribution in [3.8, 4) is 0 Å². The minimum absolute atomic E-state index is 0.695. The van der Waals surface area contributed by atoms with Crippen molar-refractivity contribution < 1.29 is 4.57 Å². The number of aromatic nitrogens is 2. The average Bonchev–Trinajstić information content (AvgIpc) is 3.39. The van der Waals surface area contributed by atoms with E-state index in [0.717, 1.165) is 6.54 Å². The SMILES string of the molecule is CCCCCCCCCCCCC[C@H](CCCCCCCCC)c1[nH]cc[n+]1CCCc1ccccc1. The Morgan fingerprint density at radius 2 is 1.08 bits per heavy atom. The standard InChI is InChI=1S/C35H60N2/c1-3-5-7-9-11-12-13-14-16-18-23-29-34(28-22-17-15-10-8-6-4-2)35-36-30-32-37(35)31-24-27-33-25-20-19-21-26-33/h19-21,25-26,30,32,34H,3-18,22-24,27-29,31H2,1-2H3/p+1/t34-/m0/s1. The van der Waals surface area contributed by atoms with E-state index in [4.69, 9.17) is 0 Å². The maximum Gasteiger partial charge on any atom is 0.257 e. The molecule has 37 heavy (non-hydrogen) atoms. The van der Waals surface area contributed by atoms with Crippen LogP contribution in [0.4, 0.5) is 0 Å². The van der Waals surface area contributed by atoms with Gasteiger partial charge in [-0.25, -0.2) is 9.55 Å². The number of hydrogen-bond donors (Lipinski definition) is 1. The molecule has 2 nitrogen and oxygen atoms in total. The van der Waals surface area contributed by atoms with E-state index >= 15 is 0 Å². The van der Waals surface area contributed by atoms with Gasteiger partial charge in [0.25, 0.3) is 5.82 Å². The van der Waals surface area contributed by atoms with Crippen molar-refractivity contribution in [1.29, 1.82) is 0 Å². The number of H-pyrrole nitrogens is 1. The topological polar surface area (TPSA) is 19.7 Å². The molecule has 2 rings (SSSR count). The summed E-state index contributed by atoms with van der Waals surface area (Å²) in [4.78, 5) is 3.68. The molecule has 1 heterocycles. The van der Waals surface area contributed by atoms with Gasteiger partial charge in [-0.05, 0) is 31.2 Å². The van der Waals surface area contributed by atoms with Gasteiger partial charge < -0.3 is 0 Å². The number of aryl methyl sites for hydroxylation is 2. The van der Waals surface area contributed by atoms with Crippen molar-refractivity contribution in [2.45, 2.75) is 168 Å². The summed E-state index contributed by atoms with van der Waals surface area (Å²) in [5, 5.41) is 0. The Labute approximate surface area is 231 Å². The molecule has 1 atom stereocenters. The molecule has 0 amide bonds. The Morgan fingerprint density at radius 3 is 1.59 bits per heavy atom. The Balaban J connectivity index is 1.73. The number of imidazole rings is 1. The number of hydrogen-bond acceptors (Lipinski definition) is 0. The van der Waals surface area contributed by atoms with E-state index in [-0.39, 0.29) is 0 Å². The van der Waals surface area contributed by atoms with Crippen LogP contribution >= 0.6 is 0 Å². The highest BCUT2D eigenvalue weighted by Crippen LogP contribution is 2.26.